The van der Waals surface area contributed by atoms with Gasteiger partial charge in [-0.25, -0.2) is 4.98 Å². The molecule has 1 aromatic heterocycles. The number of carbonyl (C=O) groups excluding carboxylic acids is 1. The molecule has 1 fully saturated rings. The third-order valence-electron chi connectivity index (χ3n) is 5.41. The summed E-state index contributed by atoms with van der Waals surface area (Å²) in [7, 11) is 1.64. The Labute approximate surface area is 174 Å². The predicted molar refractivity (Wildman–Crippen MR) is 113 cm³/mol. The van der Waals surface area contributed by atoms with Crippen molar-refractivity contribution in [2.45, 2.75) is 18.1 Å². The van der Waals surface area contributed by atoms with E-state index in [1.54, 1.807) is 25.2 Å². The van der Waals surface area contributed by atoms with Crippen molar-refractivity contribution in [2.24, 2.45) is 7.05 Å². The maximum Gasteiger partial charge on any atom is 0.260 e. The molecule has 152 valence electrons. The highest BCUT2D eigenvalue weighted by Gasteiger charge is 2.42. The van der Waals surface area contributed by atoms with Crippen molar-refractivity contribution in [3.05, 3.63) is 76.3 Å². The van der Waals surface area contributed by atoms with E-state index in [4.69, 9.17) is 0 Å². The zero-order valence-corrected chi connectivity index (χ0v) is 16.8. The third kappa shape index (κ3) is 3.76. The Morgan fingerprint density at radius 3 is 2.76 bits per heavy atom. The number of hydrogen-bond acceptors (Lipinski definition) is 5. The Balaban J connectivity index is 0.00000240. The van der Waals surface area contributed by atoms with E-state index in [2.05, 4.69) is 15.6 Å². The highest BCUT2D eigenvalue weighted by molar-refractivity contribution is 5.98. The lowest BCUT2D eigenvalue weighted by molar-refractivity contribution is 0.0290. The van der Waals surface area contributed by atoms with Gasteiger partial charge in [0.15, 0.2) is 0 Å². The summed E-state index contributed by atoms with van der Waals surface area (Å²) >= 11 is 0. The van der Waals surface area contributed by atoms with Gasteiger partial charge in [0.2, 0.25) is 0 Å². The second-order valence-corrected chi connectivity index (χ2v) is 7.15. The van der Waals surface area contributed by atoms with Crippen LogP contribution in [0, 0.1) is 0 Å². The fourth-order valence-electron chi connectivity index (χ4n) is 3.78. The lowest BCUT2D eigenvalue weighted by Gasteiger charge is -2.43. The molecule has 0 saturated carbocycles. The maximum atomic E-state index is 13.1. The number of piperidine rings is 1. The molecule has 0 aliphatic carbocycles. The van der Waals surface area contributed by atoms with Crippen LogP contribution in [0.4, 0.5) is 0 Å². The van der Waals surface area contributed by atoms with Gasteiger partial charge in [0.25, 0.3) is 11.5 Å². The molecule has 4 rings (SSSR count). The summed E-state index contributed by atoms with van der Waals surface area (Å²) in [6, 6.07) is 14.4. The van der Waals surface area contributed by atoms with Crippen LogP contribution < -0.4 is 16.2 Å². The molecule has 2 heterocycles. The number of benzene rings is 2. The molecule has 1 amide bonds. The van der Waals surface area contributed by atoms with Crippen molar-refractivity contribution in [3.63, 3.8) is 0 Å². The molecule has 3 N–H and O–H groups in total. The molecule has 1 aliphatic heterocycles. The monoisotopic (exact) mass is 414 g/mol. The number of β-amino-alcohol motifs (C(OH)–C–C–N with tert-alkyl or cyclic N) is 1. The fourth-order valence-corrected chi connectivity index (χ4v) is 3.78. The number of fused-ring (bicyclic) bond motifs is 1. The van der Waals surface area contributed by atoms with Crippen molar-refractivity contribution in [3.8, 4) is 0 Å². The first-order valence-corrected chi connectivity index (χ1v) is 9.23. The molecule has 2 atom stereocenters. The molecule has 1 aliphatic rings. The molecule has 7 nitrogen and oxygen atoms in total. The smallest absolute Gasteiger partial charge is 0.260 e. The lowest BCUT2D eigenvalue weighted by Crippen LogP contribution is -2.61. The molecular weight excluding hydrogens is 392 g/mol. The van der Waals surface area contributed by atoms with E-state index in [9.17, 15) is 14.7 Å². The fraction of sp³-hybridized carbons (Fsp3) is 0.286. The summed E-state index contributed by atoms with van der Waals surface area (Å²) in [6.07, 6.45) is 1.24. The number of nitrogens with zero attached hydrogens (tertiary/aromatic N) is 2. The highest BCUT2D eigenvalue weighted by Crippen LogP contribution is 2.31. The van der Waals surface area contributed by atoms with E-state index in [1.807, 2.05) is 30.3 Å². The zero-order chi connectivity index (χ0) is 19.7. The van der Waals surface area contributed by atoms with E-state index in [0.717, 1.165) is 5.56 Å². The summed E-state index contributed by atoms with van der Waals surface area (Å²) in [5, 5.41) is 17.5. The first-order valence-electron chi connectivity index (χ1n) is 9.23. The second-order valence-electron chi connectivity index (χ2n) is 7.15. The molecule has 0 bridgehead atoms. The van der Waals surface area contributed by atoms with Gasteiger partial charge in [-0.1, -0.05) is 30.3 Å². The van der Waals surface area contributed by atoms with E-state index in [1.165, 1.54) is 10.9 Å². The molecule has 1 saturated heterocycles. The number of aliphatic hydroxyl groups is 1. The molecular formula is C21H23ClN4O3. The van der Waals surface area contributed by atoms with Crippen molar-refractivity contribution in [2.75, 3.05) is 13.1 Å². The van der Waals surface area contributed by atoms with E-state index >= 15 is 0 Å². The number of nitrogens with one attached hydrogen (secondary N) is 2. The van der Waals surface area contributed by atoms with Gasteiger partial charge in [-0.2, -0.15) is 0 Å². The van der Waals surface area contributed by atoms with Crippen LogP contribution in [0.25, 0.3) is 10.9 Å². The van der Waals surface area contributed by atoms with Gasteiger partial charge >= 0.3 is 0 Å². The van der Waals surface area contributed by atoms with Gasteiger partial charge in [-0.15, -0.1) is 12.4 Å². The van der Waals surface area contributed by atoms with Crippen molar-refractivity contribution in [1.82, 2.24) is 20.2 Å². The van der Waals surface area contributed by atoms with Crippen LogP contribution in [0.2, 0.25) is 0 Å². The summed E-state index contributed by atoms with van der Waals surface area (Å²) < 4.78 is 1.40. The Morgan fingerprint density at radius 2 is 2.03 bits per heavy atom. The number of aliphatic hydroxyl groups excluding tert-OH is 1. The average Bonchev–Trinajstić information content (AvgIpc) is 2.73. The maximum absolute atomic E-state index is 13.1. The van der Waals surface area contributed by atoms with Crippen molar-refractivity contribution >= 4 is 29.2 Å². The average molecular weight is 415 g/mol. The molecule has 29 heavy (non-hydrogen) atoms. The van der Waals surface area contributed by atoms with Crippen LogP contribution in [0.5, 0.6) is 0 Å². The minimum Gasteiger partial charge on any atom is -0.389 e. The van der Waals surface area contributed by atoms with Gasteiger partial charge in [0, 0.05) is 19.2 Å². The Bertz CT molecular complexity index is 1090. The molecule has 0 radical (unpaired) electrons. The van der Waals surface area contributed by atoms with Crippen LogP contribution in [0.15, 0.2) is 59.7 Å². The molecule has 0 spiro atoms. The SMILES string of the molecule is Cl.Cn1cnc2cc(C(=O)N[C@]3(c4ccccc4)CCNC[C@H]3O)ccc2c1=O. The van der Waals surface area contributed by atoms with Gasteiger partial charge in [-0.3, -0.25) is 9.59 Å². The van der Waals surface area contributed by atoms with Crippen molar-refractivity contribution < 1.29 is 9.90 Å². The van der Waals surface area contributed by atoms with Crippen LogP contribution in [0.3, 0.4) is 0 Å². The molecule has 8 heteroatoms. The van der Waals surface area contributed by atoms with Crippen LogP contribution in [0.1, 0.15) is 22.3 Å². The largest absolute Gasteiger partial charge is 0.389 e. The number of carbonyl (C=O) groups is 1. The predicted octanol–water partition coefficient (Wildman–Crippen LogP) is 1.33. The van der Waals surface area contributed by atoms with E-state index in [-0.39, 0.29) is 23.9 Å². The first-order chi connectivity index (χ1) is 13.5. The van der Waals surface area contributed by atoms with Crippen LogP contribution in [-0.4, -0.2) is 39.8 Å². The highest BCUT2D eigenvalue weighted by atomic mass is 35.5. The first kappa shape index (κ1) is 21.0. The van der Waals surface area contributed by atoms with Gasteiger partial charge < -0.3 is 20.3 Å². The van der Waals surface area contributed by atoms with Crippen LogP contribution in [-0.2, 0) is 12.6 Å². The summed E-state index contributed by atoms with van der Waals surface area (Å²) in [5.41, 5.74) is 0.694. The summed E-state index contributed by atoms with van der Waals surface area (Å²) in [6.45, 7) is 1.08. The Morgan fingerprint density at radius 1 is 1.28 bits per heavy atom. The minimum absolute atomic E-state index is 0. The lowest BCUT2D eigenvalue weighted by atomic mass is 9.79. The van der Waals surface area contributed by atoms with E-state index in [0.29, 0.717) is 36.0 Å². The Hall–Kier alpha value is -2.74. The number of aryl methyl sites for hydroxylation is 1. The zero-order valence-electron chi connectivity index (χ0n) is 16.0. The summed E-state index contributed by atoms with van der Waals surface area (Å²) in [4.78, 5) is 29.5. The van der Waals surface area contributed by atoms with Gasteiger partial charge in [-0.05, 0) is 36.7 Å². The molecule has 0 unspecified atom stereocenters. The minimum atomic E-state index is -0.876. The molecule has 3 aromatic rings. The normalized spacial score (nSPS) is 21.4. The summed E-state index contributed by atoms with van der Waals surface area (Å²) in [5.74, 6) is -0.311. The van der Waals surface area contributed by atoms with E-state index < -0.39 is 11.6 Å². The quantitative estimate of drug-likeness (QED) is 0.601. The van der Waals surface area contributed by atoms with Gasteiger partial charge in [0.1, 0.15) is 0 Å². The third-order valence-corrected chi connectivity index (χ3v) is 5.41. The standard InChI is InChI=1S/C21H22N4O3.ClH/c1-25-13-23-17-11-14(7-8-16(17)20(25)28)19(27)24-21(9-10-22-12-18(21)26)15-5-3-2-4-6-15;/h2-8,11,13,18,22,26H,9-10,12H2,1H3,(H,24,27);1H/t18-,21+;/m1./s1. The molecule has 2 aromatic carbocycles. The number of amides is 1. The number of halogens is 1. The topological polar surface area (TPSA) is 96.2 Å². The number of aromatic nitrogens is 2. The number of rotatable bonds is 3. The van der Waals surface area contributed by atoms with Gasteiger partial charge in [0.05, 0.1) is 28.9 Å². The van der Waals surface area contributed by atoms with Crippen LogP contribution >= 0.6 is 12.4 Å². The number of hydrogen-bond donors (Lipinski definition) is 3. The second kappa shape index (κ2) is 8.32. The van der Waals surface area contributed by atoms with Crippen molar-refractivity contribution in [1.29, 1.82) is 0 Å². The Kier molecular flexibility index (Phi) is 6.02.